The smallest absolute Gasteiger partial charge is 0.309 e. The summed E-state index contributed by atoms with van der Waals surface area (Å²) in [5, 5.41) is 26.0. The van der Waals surface area contributed by atoms with Gasteiger partial charge in [0.25, 0.3) is 5.69 Å². The summed E-state index contributed by atoms with van der Waals surface area (Å²) in [6.45, 7) is 0. The lowest BCUT2D eigenvalue weighted by atomic mass is 9.78. The van der Waals surface area contributed by atoms with Crippen molar-refractivity contribution in [2.45, 2.75) is 19.3 Å². The maximum absolute atomic E-state index is 12.0. The number of hydrogen-bond acceptors (Lipinski definition) is 10. The number of nitro groups is 2. The minimum atomic E-state index is -0.779. The van der Waals surface area contributed by atoms with E-state index in [1.165, 1.54) is 20.3 Å². The molecule has 0 radical (unpaired) electrons. The van der Waals surface area contributed by atoms with Gasteiger partial charge in [-0.15, -0.1) is 0 Å². The number of nitro benzene ring substituents is 2. The number of rotatable bonds is 6. The third-order valence-electron chi connectivity index (χ3n) is 4.42. The largest absolute Gasteiger partial charge is 0.469 e. The Hall–Kier alpha value is -3.57. The predicted octanol–water partition coefficient (Wildman–Crippen LogP) is 2.03. The molecule has 0 amide bonds. The number of carbonyl (C=O) groups excluding carboxylic acids is 2. The van der Waals surface area contributed by atoms with Gasteiger partial charge in [0.2, 0.25) is 0 Å². The second-order valence-corrected chi connectivity index (χ2v) is 6.01. The zero-order chi connectivity index (χ0) is 20.8. The molecule has 0 aliphatic heterocycles. The Bertz CT molecular complexity index is 838. The molecular formula is C16H18N4O8. The number of nitrogens with zero attached hydrogens (tertiary/aromatic N) is 3. The van der Waals surface area contributed by atoms with Crippen LogP contribution >= 0.6 is 0 Å². The van der Waals surface area contributed by atoms with Crippen LogP contribution in [0.2, 0.25) is 0 Å². The highest BCUT2D eigenvalue weighted by Crippen LogP contribution is 2.32. The molecule has 1 aliphatic rings. The number of anilines is 1. The second kappa shape index (κ2) is 8.88. The van der Waals surface area contributed by atoms with Crippen molar-refractivity contribution < 1.29 is 28.9 Å². The lowest BCUT2D eigenvalue weighted by Gasteiger charge is -2.28. The highest BCUT2D eigenvalue weighted by molar-refractivity contribution is 5.93. The van der Waals surface area contributed by atoms with Crippen LogP contribution in [-0.2, 0) is 19.1 Å². The molecule has 0 bridgehead atoms. The summed E-state index contributed by atoms with van der Waals surface area (Å²) < 4.78 is 9.46. The first-order chi connectivity index (χ1) is 13.3. The topological polar surface area (TPSA) is 163 Å². The molecule has 2 rings (SSSR count). The van der Waals surface area contributed by atoms with Crippen molar-refractivity contribution in [1.82, 2.24) is 0 Å². The van der Waals surface area contributed by atoms with Crippen LogP contribution in [0.4, 0.5) is 17.1 Å². The molecule has 0 heterocycles. The van der Waals surface area contributed by atoms with Crippen molar-refractivity contribution in [3.63, 3.8) is 0 Å². The van der Waals surface area contributed by atoms with Crippen molar-refractivity contribution in [2.75, 3.05) is 19.6 Å². The van der Waals surface area contributed by atoms with Crippen molar-refractivity contribution in [2.24, 2.45) is 16.9 Å². The van der Waals surface area contributed by atoms with Crippen LogP contribution in [0.25, 0.3) is 0 Å². The Labute approximate surface area is 158 Å². The van der Waals surface area contributed by atoms with Crippen LogP contribution in [0.3, 0.4) is 0 Å². The first kappa shape index (κ1) is 20.7. The molecule has 0 unspecified atom stereocenters. The van der Waals surface area contributed by atoms with E-state index >= 15 is 0 Å². The number of hydrogen-bond donors (Lipinski definition) is 1. The normalized spacial score (nSPS) is 20.3. The minimum Gasteiger partial charge on any atom is -0.469 e. The molecule has 1 N–H and O–H groups in total. The van der Waals surface area contributed by atoms with E-state index in [1.807, 2.05) is 0 Å². The fourth-order valence-electron chi connectivity index (χ4n) is 2.97. The molecule has 2 atom stereocenters. The molecule has 0 aromatic heterocycles. The van der Waals surface area contributed by atoms with Crippen LogP contribution in [0.1, 0.15) is 19.3 Å². The Balaban J connectivity index is 2.22. The predicted molar refractivity (Wildman–Crippen MR) is 95.7 cm³/mol. The quantitative estimate of drug-likeness (QED) is 0.432. The summed E-state index contributed by atoms with van der Waals surface area (Å²) in [7, 11) is 2.44. The van der Waals surface area contributed by atoms with Gasteiger partial charge < -0.3 is 9.47 Å². The fraction of sp³-hybridized carbons (Fsp3) is 0.438. The number of benzene rings is 1. The Morgan fingerprint density at radius 3 is 2.32 bits per heavy atom. The molecule has 1 aromatic carbocycles. The number of non-ortho nitro benzene ring substituents is 1. The fourth-order valence-corrected chi connectivity index (χ4v) is 2.97. The van der Waals surface area contributed by atoms with Gasteiger partial charge in [0.15, 0.2) is 0 Å². The number of ether oxygens (including phenoxy) is 2. The molecule has 28 heavy (non-hydrogen) atoms. The van der Waals surface area contributed by atoms with E-state index in [2.05, 4.69) is 10.5 Å². The molecule has 1 fully saturated rings. The average Bonchev–Trinajstić information content (AvgIpc) is 2.70. The third-order valence-corrected chi connectivity index (χ3v) is 4.42. The van der Waals surface area contributed by atoms with Crippen molar-refractivity contribution in [3.05, 3.63) is 38.4 Å². The molecule has 1 aromatic rings. The zero-order valence-electron chi connectivity index (χ0n) is 15.1. The monoisotopic (exact) mass is 394 g/mol. The van der Waals surface area contributed by atoms with E-state index in [4.69, 9.17) is 9.47 Å². The number of carbonyl (C=O) groups is 2. The standard InChI is InChI=1S/C16H18N4O8/c1-27-15(21)11-5-3-9(7-12(11)16(22)28-2)17-18-13-6-4-10(19(23)24)8-14(13)20(25)26/h4,6,8,11-12,18H,3,5,7H2,1-2H3/b17-9-/t11-,12-/m0/s1. The SMILES string of the molecule is COC(=O)[C@H]1CC/C(=N/Nc2ccc([N+](=O)[O-])cc2[N+](=O)[O-])C[C@@H]1C(=O)OC. The molecular weight excluding hydrogens is 376 g/mol. The lowest BCUT2D eigenvalue weighted by molar-refractivity contribution is -0.393. The summed E-state index contributed by atoms with van der Waals surface area (Å²) >= 11 is 0. The van der Waals surface area contributed by atoms with E-state index in [9.17, 15) is 29.8 Å². The van der Waals surface area contributed by atoms with Crippen molar-refractivity contribution in [3.8, 4) is 0 Å². The van der Waals surface area contributed by atoms with E-state index in [0.717, 1.165) is 12.1 Å². The molecule has 12 heteroatoms. The third kappa shape index (κ3) is 4.58. The van der Waals surface area contributed by atoms with Gasteiger partial charge in [0.1, 0.15) is 5.69 Å². The van der Waals surface area contributed by atoms with Gasteiger partial charge in [0.05, 0.1) is 42.0 Å². The summed E-state index contributed by atoms with van der Waals surface area (Å²) in [6, 6.07) is 3.12. The Morgan fingerprint density at radius 1 is 1.11 bits per heavy atom. The van der Waals surface area contributed by atoms with Crippen molar-refractivity contribution in [1.29, 1.82) is 0 Å². The highest BCUT2D eigenvalue weighted by atomic mass is 16.6. The zero-order valence-corrected chi connectivity index (χ0v) is 15.1. The van der Waals surface area contributed by atoms with Gasteiger partial charge in [0, 0.05) is 18.2 Å². The number of hydrazone groups is 1. The van der Waals surface area contributed by atoms with Crippen LogP contribution < -0.4 is 5.43 Å². The van der Waals surface area contributed by atoms with E-state index in [-0.39, 0.29) is 12.1 Å². The van der Waals surface area contributed by atoms with Crippen molar-refractivity contribution >= 4 is 34.7 Å². The maximum atomic E-state index is 12.0. The first-order valence-electron chi connectivity index (χ1n) is 8.18. The van der Waals surface area contributed by atoms with Crippen LogP contribution in [0, 0.1) is 32.1 Å². The lowest BCUT2D eigenvalue weighted by Crippen LogP contribution is -2.37. The average molecular weight is 394 g/mol. The molecule has 12 nitrogen and oxygen atoms in total. The van der Waals surface area contributed by atoms with Gasteiger partial charge in [-0.05, 0) is 18.9 Å². The van der Waals surface area contributed by atoms with E-state index in [0.29, 0.717) is 18.6 Å². The highest BCUT2D eigenvalue weighted by Gasteiger charge is 2.39. The van der Waals surface area contributed by atoms with Gasteiger partial charge in [-0.1, -0.05) is 0 Å². The van der Waals surface area contributed by atoms with Crippen LogP contribution in [0.15, 0.2) is 23.3 Å². The maximum Gasteiger partial charge on any atom is 0.309 e. The summed E-state index contributed by atoms with van der Waals surface area (Å²) in [6.07, 6.45) is 0.774. The molecule has 150 valence electrons. The molecule has 0 saturated heterocycles. The number of nitrogens with one attached hydrogen (secondary N) is 1. The van der Waals surface area contributed by atoms with Crippen LogP contribution in [0.5, 0.6) is 0 Å². The first-order valence-corrected chi connectivity index (χ1v) is 8.18. The second-order valence-electron chi connectivity index (χ2n) is 6.01. The van der Waals surface area contributed by atoms with Gasteiger partial charge in [-0.3, -0.25) is 35.2 Å². The summed E-state index contributed by atoms with van der Waals surface area (Å²) in [5.41, 5.74) is 2.06. The van der Waals surface area contributed by atoms with Gasteiger partial charge >= 0.3 is 17.6 Å². The van der Waals surface area contributed by atoms with Gasteiger partial charge in [-0.25, -0.2) is 0 Å². The minimum absolute atomic E-state index is 0.0344. The Kier molecular flexibility index (Phi) is 6.58. The van der Waals surface area contributed by atoms with E-state index in [1.54, 1.807) is 0 Å². The summed E-state index contributed by atoms with van der Waals surface area (Å²) in [5.74, 6) is -2.54. The van der Waals surface area contributed by atoms with Crippen LogP contribution in [-0.4, -0.2) is 41.7 Å². The number of esters is 2. The molecule has 1 aliphatic carbocycles. The van der Waals surface area contributed by atoms with Gasteiger partial charge in [-0.2, -0.15) is 5.10 Å². The molecule has 1 saturated carbocycles. The Morgan fingerprint density at radius 2 is 1.75 bits per heavy atom. The van der Waals surface area contributed by atoms with E-state index < -0.39 is 45.0 Å². The molecule has 0 spiro atoms. The number of methoxy groups -OCH3 is 2. The summed E-state index contributed by atoms with van der Waals surface area (Å²) in [4.78, 5) is 44.3.